The molecule has 0 aliphatic carbocycles. The van der Waals surface area contributed by atoms with Crippen molar-refractivity contribution in [3.05, 3.63) is 100 Å². The molecule has 0 atom stereocenters. The first kappa shape index (κ1) is 21.3. The Labute approximate surface area is 195 Å². The fourth-order valence-corrected chi connectivity index (χ4v) is 5.48. The second-order valence-corrected chi connectivity index (χ2v) is 9.16. The van der Waals surface area contributed by atoms with Gasteiger partial charge in [0.25, 0.3) is 0 Å². The Kier molecular flexibility index (Phi) is 5.64. The van der Waals surface area contributed by atoms with E-state index in [0.29, 0.717) is 29.4 Å². The fraction of sp³-hybridized carbons (Fsp3) is 0.192. The van der Waals surface area contributed by atoms with Crippen LogP contribution in [0.15, 0.2) is 67.3 Å². The first-order chi connectivity index (χ1) is 16.0. The van der Waals surface area contributed by atoms with Gasteiger partial charge in [-0.05, 0) is 48.7 Å². The summed E-state index contributed by atoms with van der Waals surface area (Å²) in [4.78, 5) is 17.4. The summed E-state index contributed by atoms with van der Waals surface area (Å²) in [6.07, 6.45) is 2.59. The third kappa shape index (κ3) is 4.00. The van der Waals surface area contributed by atoms with Gasteiger partial charge >= 0.3 is 0 Å². The SMILES string of the molecule is C=CCN1CCc2cc(C(=O)c3c(C)nnn3Cc3ccccc3)sc2-c2ccc(F)cc21. The highest BCUT2D eigenvalue weighted by Gasteiger charge is 2.27. The average Bonchev–Trinajstić information content (AvgIpc) is 3.37. The molecular weight excluding hydrogens is 435 g/mol. The maximum absolute atomic E-state index is 14.1. The van der Waals surface area contributed by atoms with Crippen LogP contribution in [0.3, 0.4) is 0 Å². The molecule has 5 nitrogen and oxygen atoms in total. The number of anilines is 1. The van der Waals surface area contributed by atoms with Crippen molar-refractivity contribution in [1.82, 2.24) is 15.0 Å². The second kappa shape index (κ2) is 8.75. The molecule has 7 heteroatoms. The van der Waals surface area contributed by atoms with Crippen molar-refractivity contribution in [3.63, 3.8) is 0 Å². The predicted molar refractivity (Wildman–Crippen MR) is 130 cm³/mol. The van der Waals surface area contributed by atoms with Crippen molar-refractivity contribution < 1.29 is 9.18 Å². The normalized spacial score (nSPS) is 12.7. The van der Waals surface area contributed by atoms with Gasteiger partial charge in [0.15, 0.2) is 0 Å². The van der Waals surface area contributed by atoms with Crippen LogP contribution in [0.4, 0.5) is 10.1 Å². The number of ketones is 1. The number of aryl methyl sites for hydroxylation is 1. The highest BCUT2D eigenvalue weighted by atomic mass is 32.1. The highest BCUT2D eigenvalue weighted by molar-refractivity contribution is 7.17. The summed E-state index contributed by atoms with van der Waals surface area (Å²) in [6.45, 7) is 7.50. The summed E-state index contributed by atoms with van der Waals surface area (Å²) in [6, 6.07) is 16.7. The van der Waals surface area contributed by atoms with Crippen LogP contribution in [0.5, 0.6) is 0 Å². The van der Waals surface area contributed by atoms with Crippen LogP contribution in [-0.4, -0.2) is 33.9 Å². The molecule has 2 aromatic heterocycles. The molecular formula is C26H23FN4OS. The summed E-state index contributed by atoms with van der Waals surface area (Å²) < 4.78 is 15.8. The second-order valence-electron chi connectivity index (χ2n) is 8.11. The molecule has 3 heterocycles. The Balaban J connectivity index is 1.53. The van der Waals surface area contributed by atoms with Crippen molar-refractivity contribution >= 4 is 22.8 Å². The minimum Gasteiger partial charge on any atom is -0.367 e. The van der Waals surface area contributed by atoms with E-state index in [1.165, 1.54) is 17.4 Å². The molecule has 0 N–H and O–H groups in total. The molecule has 2 aromatic carbocycles. The number of halogens is 1. The van der Waals surface area contributed by atoms with Gasteiger partial charge in [-0.25, -0.2) is 9.07 Å². The minimum atomic E-state index is -0.273. The molecule has 4 aromatic rings. The number of aromatic nitrogens is 3. The smallest absolute Gasteiger partial charge is 0.222 e. The van der Waals surface area contributed by atoms with E-state index >= 15 is 0 Å². The molecule has 0 unspecified atom stereocenters. The molecule has 0 bridgehead atoms. The monoisotopic (exact) mass is 458 g/mol. The lowest BCUT2D eigenvalue weighted by Crippen LogP contribution is -2.25. The zero-order valence-corrected chi connectivity index (χ0v) is 19.1. The number of fused-ring (bicyclic) bond motifs is 3. The van der Waals surface area contributed by atoms with Gasteiger partial charge in [-0.1, -0.05) is 41.6 Å². The van der Waals surface area contributed by atoms with E-state index in [1.54, 1.807) is 10.7 Å². The third-order valence-corrected chi connectivity index (χ3v) is 7.08. The Morgan fingerprint density at radius 3 is 2.82 bits per heavy atom. The summed E-state index contributed by atoms with van der Waals surface area (Å²) in [5.41, 5.74) is 5.05. The Morgan fingerprint density at radius 2 is 2.03 bits per heavy atom. The number of hydrogen-bond acceptors (Lipinski definition) is 5. The standard InChI is InChI=1S/C26H23FN4OS/c1-3-12-30-13-11-19-14-23(33-26(19)21-10-9-20(27)15-22(21)30)25(32)24-17(2)28-29-31(24)16-18-7-5-4-6-8-18/h3-10,14-15H,1,11-13,16H2,2H3. The summed E-state index contributed by atoms with van der Waals surface area (Å²) in [5.74, 6) is -0.358. The van der Waals surface area contributed by atoms with Crippen LogP contribution in [0.25, 0.3) is 10.4 Å². The molecule has 5 rings (SSSR count). The molecule has 166 valence electrons. The number of thiophene rings is 1. The van der Waals surface area contributed by atoms with E-state index in [-0.39, 0.29) is 11.6 Å². The lowest BCUT2D eigenvalue weighted by molar-refractivity contribution is 0.103. The summed E-state index contributed by atoms with van der Waals surface area (Å²) in [7, 11) is 0. The van der Waals surface area contributed by atoms with Crippen molar-refractivity contribution in [1.29, 1.82) is 0 Å². The van der Waals surface area contributed by atoms with Crippen LogP contribution in [0.2, 0.25) is 0 Å². The molecule has 0 saturated heterocycles. The number of carbonyl (C=O) groups excluding carboxylic acids is 1. The van der Waals surface area contributed by atoms with Crippen LogP contribution in [0, 0.1) is 12.7 Å². The Hall–Kier alpha value is -3.58. The molecule has 0 fully saturated rings. The van der Waals surface area contributed by atoms with Gasteiger partial charge in [0.2, 0.25) is 5.78 Å². The van der Waals surface area contributed by atoms with Crippen molar-refractivity contribution in [2.45, 2.75) is 19.9 Å². The van der Waals surface area contributed by atoms with Gasteiger partial charge < -0.3 is 4.90 Å². The zero-order chi connectivity index (χ0) is 22.9. The van der Waals surface area contributed by atoms with Gasteiger partial charge in [0, 0.05) is 29.2 Å². The number of hydrogen-bond donors (Lipinski definition) is 0. The molecule has 33 heavy (non-hydrogen) atoms. The maximum Gasteiger partial charge on any atom is 0.222 e. The fourth-order valence-electron chi connectivity index (χ4n) is 4.30. The first-order valence-electron chi connectivity index (χ1n) is 10.8. The summed E-state index contributed by atoms with van der Waals surface area (Å²) in [5, 5.41) is 8.39. The van der Waals surface area contributed by atoms with Crippen LogP contribution in [0.1, 0.15) is 32.2 Å². The van der Waals surface area contributed by atoms with E-state index in [9.17, 15) is 9.18 Å². The van der Waals surface area contributed by atoms with Gasteiger partial charge in [-0.15, -0.1) is 23.0 Å². The molecule has 1 aliphatic heterocycles. The van der Waals surface area contributed by atoms with Crippen molar-refractivity contribution in [2.75, 3.05) is 18.0 Å². The molecule has 0 amide bonds. The maximum atomic E-state index is 14.1. The number of carbonyl (C=O) groups is 1. The third-order valence-electron chi connectivity index (χ3n) is 5.87. The average molecular weight is 459 g/mol. The summed E-state index contributed by atoms with van der Waals surface area (Å²) >= 11 is 1.45. The van der Waals surface area contributed by atoms with Gasteiger partial charge in [0.05, 0.1) is 17.1 Å². The largest absolute Gasteiger partial charge is 0.367 e. The number of benzene rings is 2. The Morgan fingerprint density at radius 1 is 1.21 bits per heavy atom. The molecule has 0 spiro atoms. The molecule has 1 aliphatic rings. The minimum absolute atomic E-state index is 0.0851. The van der Waals surface area contributed by atoms with Crippen molar-refractivity contribution in [3.8, 4) is 10.4 Å². The number of nitrogens with zero attached hydrogens (tertiary/aromatic N) is 4. The van der Waals surface area contributed by atoms with Crippen LogP contribution < -0.4 is 4.90 Å². The highest BCUT2D eigenvalue weighted by Crippen LogP contribution is 2.42. The van der Waals surface area contributed by atoms with E-state index in [2.05, 4.69) is 21.8 Å². The number of rotatable bonds is 6. The molecule has 0 saturated carbocycles. The van der Waals surface area contributed by atoms with Crippen LogP contribution in [-0.2, 0) is 13.0 Å². The van der Waals surface area contributed by atoms with Crippen molar-refractivity contribution in [2.24, 2.45) is 0 Å². The lowest BCUT2D eigenvalue weighted by Gasteiger charge is -2.23. The van der Waals surface area contributed by atoms with E-state index in [4.69, 9.17) is 0 Å². The first-order valence-corrected chi connectivity index (χ1v) is 11.6. The van der Waals surface area contributed by atoms with Gasteiger partial charge in [-0.3, -0.25) is 4.79 Å². The van der Waals surface area contributed by atoms with E-state index < -0.39 is 0 Å². The quantitative estimate of drug-likeness (QED) is 0.291. The van der Waals surface area contributed by atoms with Gasteiger partial charge in [-0.2, -0.15) is 0 Å². The van der Waals surface area contributed by atoms with E-state index in [1.807, 2.05) is 55.5 Å². The topological polar surface area (TPSA) is 51.0 Å². The van der Waals surface area contributed by atoms with Gasteiger partial charge in [0.1, 0.15) is 11.5 Å². The molecule has 0 radical (unpaired) electrons. The lowest BCUT2D eigenvalue weighted by atomic mass is 10.1. The van der Waals surface area contributed by atoms with Crippen LogP contribution >= 0.6 is 11.3 Å². The predicted octanol–water partition coefficient (Wildman–Crippen LogP) is 5.28. The Bertz CT molecular complexity index is 1340. The van der Waals surface area contributed by atoms with E-state index in [0.717, 1.165) is 40.2 Å². The zero-order valence-electron chi connectivity index (χ0n) is 18.3.